The van der Waals surface area contributed by atoms with E-state index in [4.69, 9.17) is 9.47 Å². The van der Waals surface area contributed by atoms with Crippen molar-refractivity contribution in [3.8, 4) is 0 Å². The van der Waals surface area contributed by atoms with Gasteiger partial charge in [-0.3, -0.25) is 4.79 Å². The molecule has 3 nitrogen and oxygen atoms in total. The van der Waals surface area contributed by atoms with Crippen molar-refractivity contribution in [2.24, 2.45) is 0 Å². The van der Waals surface area contributed by atoms with Gasteiger partial charge >= 0.3 is 5.97 Å². The fourth-order valence-corrected chi connectivity index (χ4v) is 2.48. The van der Waals surface area contributed by atoms with Gasteiger partial charge in [-0.2, -0.15) is 0 Å². The van der Waals surface area contributed by atoms with Crippen LogP contribution in [0.2, 0.25) is 0 Å². The molecule has 1 rings (SSSR count). The summed E-state index contributed by atoms with van der Waals surface area (Å²) in [6, 6.07) is 0. The number of carbonyl (C=O) groups is 1. The Balaban J connectivity index is 1.83. The Morgan fingerprint density at radius 2 is 1.58 bits per heavy atom. The number of hydrogen-bond donors (Lipinski definition) is 0. The minimum absolute atomic E-state index is 0.120. The molecule has 0 radical (unpaired) electrons. The van der Waals surface area contributed by atoms with Gasteiger partial charge in [0.25, 0.3) is 0 Å². The largest absolute Gasteiger partial charge is 0.466 e. The number of epoxide rings is 1. The summed E-state index contributed by atoms with van der Waals surface area (Å²) in [4.78, 5) is 11.2. The van der Waals surface area contributed by atoms with Gasteiger partial charge in [-0.05, 0) is 13.3 Å². The highest BCUT2D eigenvalue weighted by molar-refractivity contribution is 5.70. The highest BCUT2D eigenvalue weighted by atomic mass is 16.6. The molecule has 2 unspecified atom stereocenters. The van der Waals surface area contributed by atoms with Crippen LogP contribution in [0.1, 0.15) is 78.1 Å². The van der Waals surface area contributed by atoms with Crippen LogP contribution < -0.4 is 0 Å². The molecule has 1 saturated heterocycles. The summed E-state index contributed by atoms with van der Waals surface area (Å²) >= 11 is 0. The van der Waals surface area contributed by atoms with E-state index in [0.717, 1.165) is 6.42 Å². The molecule has 0 amide bonds. The second-order valence-electron chi connectivity index (χ2n) is 5.49. The van der Waals surface area contributed by atoms with Crippen molar-refractivity contribution in [1.82, 2.24) is 0 Å². The van der Waals surface area contributed by atoms with Gasteiger partial charge in [0.05, 0.1) is 25.2 Å². The van der Waals surface area contributed by atoms with E-state index >= 15 is 0 Å². The summed E-state index contributed by atoms with van der Waals surface area (Å²) in [5.74, 6) is -0.120. The first kappa shape index (κ1) is 16.5. The molecule has 0 aromatic rings. The third-order valence-electron chi connectivity index (χ3n) is 3.70. The number of esters is 1. The second-order valence-corrected chi connectivity index (χ2v) is 5.49. The Labute approximate surface area is 118 Å². The zero-order valence-corrected chi connectivity index (χ0v) is 12.7. The average molecular weight is 270 g/mol. The first-order chi connectivity index (χ1) is 9.27. The quantitative estimate of drug-likeness (QED) is 0.302. The lowest BCUT2D eigenvalue weighted by molar-refractivity contribution is -0.143. The summed E-state index contributed by atoms with van der Waals surface area (Å²) in [6.07, 6.45) is 12.8. The molecule has 0 aliphatic carbocycles. The molecule has 0 spiro atoms. The highest BCUT2D eigenvalue weighted by Crippen LogP contribution is 2.30. The van der Waals surface area contributed by atoms with Crippen LogP contribution in [0.25, 0.3) is 0 Å². The van der Waals surface area contributed by atoms with Crippen LogP contribution in [0.4, 0.5) is 0 Å². The first-order valence-corrected chi connectivity index (χ1v) is 8.09. The predicted octanol–water partition coefficient (Wildman–Crippen LogP) is 4.24. The van der Waals surface area contributed by atoms with Crippen molar-refractivity contribution in [2.75, 3.05) is 6.61 Å². The van der Waals surface area contributed by atoms with Crippen LogP contribution in [0.15, 0.2) is 0 Å². The molecular formula is C16H30O3. The van der Waals surface area contributed by atoms with Gasteiger partial charge in [0, 0.05) is 0 Å². The molecule has 0 aromatic heterocycles. The number of ether oxygens (including phenoxy) is 2. The molecular weight excluding hydrogens is 240 g/mol. The summed E-state index contributed by atoms with van der Waals surface area (Å²) in [5.41, 5.74) is 0. The lowest BCUT2D eigenvalue weighted by Gasteiger charge is -2.00. The number of rotatable bonds is 12. The van der Waals surface area contributed by atoms with Crippen LogP contribution in [-0.4, -0.2) is 24.8 Å². The van der Waals surface area contributed by atoms with E-state index in [0.29, 0.717) is 19.1 Å². The van der Waals surface area contributed by atoms with Gasteiger partial charge in [0.15, 0.2) is 0 Å². The monoisotopic (exact) mass is 270 g/mol. The van der Waals surface area contributed by atoms with Crippen LogP contribution in [-0.2, 0) is 14.3 Å². The fraction of sp³-hybridized carbons (Fsp3) is 0.938. The lowest BCUT2D eigenvalue weighted by atomic mass is 10.1. The maximum atomic E-state index is 11.2. The van der Waals surface area contributed by atoms with Gasteiger partial charge < -0.3 is 9.47 Å². The van der Waals surface area contributed by atoms with E-state index in [1.54, 1.807) is 0 Å². The topological polar surface area (TPSA) is 38.8 Å². The molecule has 0 aromatic carbocycles. The van der Waals surface area contributed by atoms with Crippen LogP contribution in [0.3, 0.4) is 0 Å². The standard InChI is InChI=1S/C16H30O3/c1-3-5-6-7-8-9-10-11-12-14-15(19-14)13-16(17)18-4-2/h14-15H,3-13H2,1-2H3. The van der Waals surface area contributed by atoms with Crippen molar-refractivity contribution in [2.45, 2.75) is 90.3 Å². The third-order valence-corrected chi connectivity index (χ3v) is 3.70. The van der Waals surface area contributed by atoms with E-state index < -0.39 is 0 Å². The maximum absolute atomic E-state index is 11.2. The molecule has 1 aliphatic rings. The van der Waals surface area contributed by atoms with Crippen molar-refractivity contribution >= 4 is 5.97 Å². The number of carbonyl (C=O) groups excluding carboxylic acids is 1. The summed E-state index contributed by atoms with van der Waals surface area (Å²) < 4.78 is 10.4. The summed E-state index contributed by atoms with van der Waals surface area (Å²) in [6.45, 7) is 4.56. The number of unbranched alkanes of at least 4 members (excludes halogenated alkanes) is 7. The van der Waals surface area contributed by atoms with E-state index in [9.17, 15) is 4.79 Å². The van der Waals surface area contributed by atoms with Crippen molar-refractivity contribution in [3.63, 3.8) is 0 Å². The molecule has 1 aliphatic heterocycles. The predicted molar refractivity (Wildman–Crippen MR) is 77.1 cm³/mol. The molecule has 1 fully saturated rings. The Morgan fingerprint density at radius 1 is 0.947 bits per heavy atom. The molecule has 19 heavy (non-hydrogen) atoms. The van der Waals surface area contributed by atoms with E-state index in [1.165, 1.54) is 51.4 Å². The Bertz CT molecular complexity index is 240. The van der Waals surface area contributed by atoms with Crippen LogP contribution in [0.5, 0.6) is 0 Å². The van der Waals surface area contributed by atoms with Gasteiger partial charge in [-0.15, -0.1) is 0 Å². The molecule has 112 valence electrons. The maximum Gasteiger partial charge on any atom is 0.308 e. The lowest BCUT2D eigenvalue weighted by Crippen LogP contribution is -2.08. The van der Waals surface area contributed by atoms with Crippen LogP contribution >= 0.6 is 0 Å². The van der Waals surface area contributed by atoms with Gasteiger partial charge in [-0.1, -0.05) is 58.3 Å². The van der Waals surface area contributed by atoms with Gasteiger partial charge in [-0.25, -0.2) is 0 Å². The fourth-order valence-electron chi connectivity index (χ4n) is 2.48. The highest BCUT2D eigenvalue weighted by Gasteiger charge is 2.39. The zero-order valence-electron chi connectivity index (χ0n) is 12.7. The molecule has 0 saturated carbocycles. The van der Waals surface area contributed by atoms with E-state index in [-0.39, 0.29) is 12.1 Å². The minimum atomic E-state index is -0.120. The normalized spacial score (nSPS) is 21.4. The zero-order chi connectivity index (χ0) is 13.9. The summed E-state index contributed by atoms with van der Waals surface area (Å²) in [5, 5.41) is 0. The average Bonchev–Trinajstić information content (AvgIpc) is 3.11. The molecule has 2 atom stereocenters. The Kier molecular flexibility index (Phi) is 8.89. The molecule has 0 N–H and O–H groups in total. The minimum Gasteiger partial charge on any atom is -0.466 e. The van der Waals surface area contributed by atoms with Crippen molar-refractivity contribution in [1.29, 1.82) is 0 Å². The van der Waals surface area contributed by atoms with Crippen molar-refractivity contribution in [3.05, 3.63) is 0 Å². The van der Waals surface area contributed by atoms with Crippen LogP contribution in [0, 0.1) is 0 Å². The molecule has 0 bridgehead atoms. The van der Waals surface area contributed by atoms with Gasteiger partial charge in [0.1, 0.15) is 0 Å². The Morgan fingerprint density at radius 3 is 2.21 bits per heavy atom. The number of hydrogen-bond acceptors (Lipinski definition) is 3. The summed E-state index contributed by atoms with van der Waals surface area (Å²) in [7, 11) is 0. The van der Waals surface area contributed by atoms with E-state index in [2.05, 4.69) is 6.92 Å². The smallest absolute Gasteiger partial charge is 0.308 e. The van der Waals surface area contributed by atoms with E-state index in [1.807, 2.05) is 6.92 Å². The SMILES string of the molecule is CCCCCCCCCCC1OC1CC(=O)OCC. The molecule has 3 heteroatoms. The Hall–Kier alpha value is -0.570. The third kappa shape index (κ3) is 8.25. The van der Waals surface area contributed by atoms with Crippen molar-refractivity contribution < 1.29 is 14.3 Å². The first-order valence-electron chi connectivity index (χ1n) is 8.09. The molecule has 1 heterocycles. The van der Waals surface area contributed by atoms with Gasteiger partial charge in [0.2, 0.25) is 0 Å². The second kappa shape index (κ2) is 10.2.